The first-order chi connectivity index (χ1) is 8.72. The minimum Gasteiger partial charge on any atom is -0.446 e. The standard InChI is InChI=1S/C13H14N2O3/c1-2-6-11-9-18-13(17)15(11)14-12(16)10-7-4-3-5-8-10/h2-5,7-8,11H,1,6,9H2,(H,14,16). The number of hydrazine groups is 1. The molecule has 0 saturated carbocycles. The Hall–Kier alpha value is -2.30. The zero-order valence-electron chi connectivity index (χ0n) is 9.83. The average Bonchev–Trinajstić information content (AvgIpc) is 2.73. The van der Waals surface area contributed by atoms with Gasteiger partial charge in [0.2, 0.25) is 0 Å². The van der Waals surface area contributed by atoms with Crippen LogP contribution >= 0.6 is 0 Å². The number of hydrogen-bond acceptors (Lipinski definition) is 3. The summed E-state index contributed by atoms with van der Waals surface area (Å²) in [5, 5.41) is 1.22. The molecular formula is C13H14N2O3. The van der Waals surface area contributed by atoms with Gasteiger partial charge in [0, 0.05) is 5.56 Å². The van der Waals surface area contributed by atoms with Gasteiger partial charge in [-0.05, 0) is 18.6 Å². The summed E-state index contributed by atoms with van der Waals surface area (Å²) in [7, 11) is 0. The molecule has 0 aliphatic carbocycles. The summed E-state index contributed by atoms with van der Waals surface area (Å²) in [4.78, 5) is 23.4. The smallest absolute Gasteiger partial charge is 0.429 e. The fourth-order valence-electron chi connectivity index (χ4n) is 1.73. The van der Waals surface area contributed by atoms with Crippen molar-refractivity contribution in [3.8, 4) is 0 Å². The Labute approximate surface area is 105 Å². The van der Waals surface area contributed by atoms with Gasteiger partial charge in [0.15, 0.2) is 0 Å². The van der Waals surface area contributed by atoms with Crippen molar-refractivity contribution in [3.05, 3.63) is 48.6 Å². The SMILES string of the molecule is C=CCC1COC(=O)N1NC(=O)c1ccccc1. The molecule has 1 unspecified atom stereocenters. The molecule has 1 aliphatic heterocycles. The Morgan fingerprint density at radius 1 is 1.50 bits per heavy atom. The number of benzene rings is 1. The Morgan fingerprint density at radius 3 is 2.89 bits per heavy atom. The number of ether oxygens (including phenoxy) is 1. The molecule has 5 nitrogen and oxygen atoms in total. The monoisotopic (exact) mass is 246 g/mol. The van der Waals surface area contributed by atoms with E-state index in [-0.39, 0.29) is 18.6 Å². The fraction of sp³-hybridized carbons (Fsp3) is 0.231. The summed E-state index contributed by atoms with van der Waals surface area (Å²) in [6, 6.07) is 8.51. The summed E-state index contributed by atoms with van der Waals surface area (Å²) < 4.78 is 4.89. The number of carbonyl (C=O) groups is 2. The van der Waals surface area contributed by atoms with E-state index < -0.39 is 6.09 Å². The molecule has 1 saturated heterocycles. The topological polar surface area (TPSA) is 58.6 Å². The van der Waals surface area contributed by atoms with Crippen molar-refractivity contribution in [3.63, 3.8) is 0 Å². The summed E-state index contributed by atoms with van der Waals surface area (Å²) >= 11 is 0. The third-order valence-corrected chi connectivity index (χ3v) is 2.66. The van der Waals surface area contributed by atoms with Crippen molar-refractivity contribution in [2.24, 2.45) is 0 Å². The van der Waals surface area contributed by atoms with Gasteiger partial charge in [-0.15, -0.1) is 6.58 Å². The molecule has 2 rings (SSSR count). The third-order valence-electron chi connectivity index (χ3n) is 2.66. The van der Waals surface area contributed by atoms with E-state index in [1.165, 1.54) is 5.01 Å². The third kappa shape index (κ3) is 2.51. The molecular weight excluding hydrogens is 232 g/mol. The molecule has 18 heavy (non-hydrogen) atoms. The molecule has 0 bridgehead atoms. The van der Waals surface area contributed by atoms with Crippen LogP contribution in [0.2, 0.25) is 0 Å². The molecule has 5 heteroatoms. The predicted octanol–water partition coefficient (Wildman–Crippen LogP) is 1.73. The minimum absolute atomic E-state index is 0.192. The van der Waals surface area contributed by atoms with E-state index in [2.05, 4.69) is 12.0 Å². The van der Waals surface area contributed by atoms with E-state index in [1.807, 2.05) is 6.07 Å². The summed E-state index contributed by atoms with van der Waals surface area (Å²) in [5.41, 5.74) is 3.05. The fourth-order valence-corrected chi connectivity index (χ4v) is 1.73. The van der Waals surface area contributed by atoms with Crippen molar-refractivity contribution in [1.29, 1.82) is 0 Å². The zero-order valence-corrected chi connectivity index (χ0v) is 9.83. The van der Waals surface area contributed by atoms with Crippen molar-refractivity contribution in [1.82, 2.24) is 10.4 Å². The van der Waals surface area contributed by atoms with E-state index in [0.717, 1.165) is 0 Å². The lowest BCUT2D eigenvalue weighted by Gasteiger charge is -2.20. The quantitative estimate of drug-likeness (QED) is 0.823. The van der Waals surface area contributed by atoms with Gasteiger partial charge in [0.25, 0.3) is 5.91 Å². The zero-order chi connectivity index (χ0) is 13.0. The normalized spacial score (nSPS) is 18.3. The van der Waals surface area contributed by atoms with Crippen LogP contribution in [0.1, 0.15) is 16.8 Å². The number of amides is 2. The van der Waals surface area contributed by atoms with Gasteiger partial charge in [0.1, 0.15) is 6.61 Å². The summed E-state index contributed by atoms with van der Waals surface area (Å²) in [6.45, 7) is 3.88. The van der Waals surface area contributed by atoms with Crippen LogP contribution in [0.25, 0.3) is 0 Å². The van der Waals surface area contributed by atoms with Crippen LogP contribution in [0, 0.1) is 0 Å². The lowest BCUT2D eigenvalue weighted by molar-refractivity contribution is 0.0798. The molecule has 1 N–H and O–H groups in total. The van der Waals surface area contributed by atoms with Crippen LogP contribution in [-0.4, -0.2) is 29.7 Å². The highest BCUT2D eigenvalue weighted by Crippen LogP contribution is 2.13. The number of rotatable bonds is 4. The second-order valence-electron chi connectivity index (χ2n) is 3.93. The number of nitrogens with one attached hydrogen (secondary N) is 1. The molecule has 94 valence electrons. The molecule has 1 atom stereocenters. The highest BCUT2D eigenvalue weighted by atomic mass is 16.6. The average molecular weight is 246 g/mol. The molecule has 1 aliphatic rings. The molecule has 1 aromatic rings. The molecule has 1 aromatic carbocycles. The summed E-state index contributed by atoms with van der Waals surface area (Å²) in [5.74, 6) is -0.330. The van der Waals surface area contributed by atoms with Crippen LogP contribution in [0.15, 0.2) is 43.0 Å². The van der Waals surface area contributed by atoms with E-state index in [0.29, 0.717) is 12.0 Å². The van der Waals surface area contributed by atoms with Gasteiger partial charge < -0.3 is 4.74 Å². The number of cyclic esters (lactones) is 1. The largest absolute Gasteiger partial charge is 0.446 e. The number of nitrogens with zero attached hydrogens (tertiary/aromatic N) is 1. The van der Waals surface area contributed by atoms with Gasteiger partial charge in [-0.3, -0.25) is 10.2 Å². The van der Waals surface area contributed by atoms with Crippen LogP contribution in [-0.2, 0) is 4.74 Å². The highest BCUT2D eigenvalue weighted by molar-refractivity contribution is 5.95. The second-order valence-corrected chi connectivity index (χ2v) is 3.93. The van der Waals surface area contributed by atoms with Gasteiger partial charge in [-0.1, -0.05) is 24.3 Å². The maximum Gasteiger partial charge on any atom is 0.429 e. The predicted molar refractivity (Wildman–Crippen MR) is 65.7 cm³/mol. The van der Waals surface area contributed by atoms with Crippen molar-refractivity contribution in [2.75, 3.05) is 6.61 Å². The first-order valence-corrected chi connectivity index (χ1v) is 5.65. The van der Waals surface area contributed by atoms with Crippen LogP contribution in [0.5, 0.6) is 0 Å². The van der Waals surface area contributed by atoms with Crippen molar-refractivity contribution >= 4 is 12.0 Å². The first-order valence-electron chi connectivity index (χ1n) is 5.65. The Balaban J connectivity index is 2.05. The van der Waals surface area contributed by atoms with Gasteiger partial charge in [-0.2, -0.15) is 0 Å². The Kier molecular flexibility index (Phi) is 3.62. The maximum absolute atomic E-state index is 11.9. The second kappa shape index (κ2) is 5.35. The van der Waals surface area contributed by atoms with Gasteiger partial charge in [0.05, 0.1) is 6.04 Å². The summed E-state index contributed by atoms with van der Waals surface area (Å²) in [6.07, 6.45) is 1.72. The van der Waals surface area contributed by atoms with Gasteiger partial charge in [-0.25, -0.2) is 9.80 Å². The lowest BCUT2D eigenvalue weighted by Crippen LogP contribution is -2.47. The van der Waals surface area contributed by atoms with Crippen LogP contribution in [0.3, 0.4) is 0 Å². The van der Waals surface area contributed by atoms with Crippen LogP contribution < -0.4 is 5.43 Å². The van der Waals surface area contributed by atoms with Crippen LogP contribution in [0.4, 0.5) is 4.79 Å². The molecule has 2 amide bonds. The highest BCUT2D eigenvalue weighted by Gasteiger charge is 2.33. The number of carbonyl (C=O) groups excluding carboxylic acids is 2. The van der Waals surface area contributed by atoms with E-state index in [9.17, 15) is 9.59 Å². The van der Waals surface area contributed by atoms with Crippen molar-refractivity contribution in [2.45, 2.75) is 12.5 Å². The van der Waals surface area contributed by atoms with E-state index in [4.69, 9.17) is 4.74 Å². The molecule has 1 fully saturated rings. The van der Waals surface area contributed by atoms with E-state index >= 15 is 0 Å². The lowest BCUT2D eigenvalue weighted by atomic mass is 10.2. The van der Waals surface area contributed by atoms with E-state index in [1.54, 1.807) is 30.3 Å². The molecule has 0 aromatic heterocycles. The Bertz CT molecular complexity index is 459. The van der Waals surface area contributed by atoms with Gasteiger partial charge >= 0.3 is 6.09 Å². The Morgan fingerprint density at radius 2 is 2.22 bits per heavy atom. The molecule has 1 heterocycles. The molecule has 0 spiro atoms. The van der Waals surface area contributed by atoms with Crippen molar-refractivity contribution < 1.29 is 14.3 Å². The first kappa shape index (κ1) is 12.2. The minimum atomic E-state index is -0.536. The number of hydrogen-bond donors (Lipinski definition) is 1. The maximum atomic E-state index is 11.9. The molecule has 0 radical (unpaired) electrons.